The number of fused-ring (bicyclic) bond motifs is 1. The van der Waals surface area contributed by atoms with Crippen molar-refractivity contribution in [3.05, 3.63) is 40.5 Å². The number of carbonyl (C=O) groups excluding carboxylic acids is 1. The molecular weight excluding hydrogens is 384 g/mol. The quantitative estimate of drug-likeness (QED) is 0.698. The van der Waals surface area contributed by atoms with E-state index in [0.717, 1.165) is 16.0 Å². The minimum absolute atomic E-state index is 0.163. The minimum Gasteiger partial charge on any atom is -0.340 e. The first kappa shape index (κ1) is 18.9. The molecule has 0 radical (unpaired) electrons. The Kier molecular flexibility index (Phi) is 4.88. The Morgan fingerprint density at radius 1 is 1.46 bits per heavy atom. The van der Waals surface area contributed by atoms with E-state index >= 15 is 0 Å². The molecule has 28 heavy (non-hydrogen) atoms. The van der Waals surface area contributed by atoms with Crippen molar-refractivity contribution < 1.29 is 13.6 Å². The summed E-state index contributed by atoms with van der Waals surface area (Å²) >= 11 is 1.22. The van der Waals surface area contributed by atoms with E-state index in [-0.39, 0.29) is 11.4 Å². The molecule has 4 rings (SSSR count). The van der Waals surface area contributed by atoms with Crippen LogP contribution in [0.4, 0.5) is 8.78 Å². The molecule has 1 fully saturated rings. The van der Waals surface area contributed by atoms with Gasteiger partial charge in [0.25, 0.3) is 11.8 Å². The van der Waals surface area contributed by atoms with Crippen molar-refractivity contribution >= 4 is 22.8 Å². The third-order valence-corrected chi connectivity index (χ3v) is 6.31. The Bertz CT molecular complexity index is 1010. The number of rotatable bonds is 4. The van der Waals surface area contributed by atoms with Crippen molar-refractivity contribution in [1.29, 1.82) is 0 Å². The van der Waals surface area contributed by atoms with Gasteiger partial charge in [0.2, 0.25) is 0 Å². The largest absolute Gasteiger partial charge is 0.340 e. The summed E-state index contributed by atoms with van der Waals surface area (Å²) in [6.07, 6.45) is 4.76. The molecule has 3 heterocycles. The first-order chi connectivity index (χ1) is 13.4. The minimum atomic E-state index is -3.01. The van der Waals surface area contributed by atoms with Crippen molar-refractivity contribution in [3.63, 3.8) is 0 Å². The van der Waals surface area contributed by atoms with E-state index in [1.807, 2.05) is 31.3 Å². The third-order valence-electron chi connectivity index (χ3n) is 5.11. The predicted octanol–water partition coefficient (Wildman–Crippen LogP) is 3.27. The summed E-state index contributed by atoms with van der Waals surface area (Å²) in [5, 5.41) is 6.91. The van der Waals surface area contributed by atoms with E-state index in [4.69, 9.17) is 5.73 Å². The number of hydrogen-bond acceptors (Lipinski definition) is 5. The zero-order chi connectivity index (χ0) is 19.9. The Morgan fingerprint density at radius 3 is 3.04 bits per heavy atom. The van der Waals surface area contributed by atoms with Crippen molar-refractivity contribution in [1.82, 2.24) is 19.9 Å². The van der Waals surface area contributed by atoms with Gasteiger partial charge in [0.15, 0.2) is 5.01 Å². The molecule has 2 atom stereocenters. The molecule has 3 aromatic rings. The summed E-state index contributed by atoms with van der Waals surface area (Å²) in [6, 6.07) is 3.56. The molecule has 0 aliphatic heterocycles. The number of aromatic nitrogens is 3. The smallest absolute Gasteiger partial charge is 0.280 e. The predicted molar refractivity (Wildman–Crippen MR) is 104 cm³/mol. The lowest BCUT2D eigenvalue weighted by Gasteiger charge is -2.36. The lowest BCUT2D eigenvalue weighted by molar-refractivity contribution is -0.0674. The molecule has 1 amide bonds. The standard InChI is InChI=1S/C19H21F2N5OS/c1-2-14-15(11-10-23-26-9-4-3-7-13(11)26)24-18(28-14)17(27)25-16-12(22)6-5-8-19(16,20)21/h3-4,7,9-10,12,16H,2,5-6,8,22H2,1H3,(H,25,27)/t12-,16+/m0/s1. The van der Waals surface area contributed by atoms with E-state index in [1.54, 1.807) is 10.7 Å². The summed E-state index contributed by atoms with van der Waals surface area (Å²) in [7, 11) is 0. The van der Waals surface area contributed by atoms with Gasteiger partial charge in [-0.05, 0) is 31.4 Å². The molecule has 1 aliphatic carbocycles. The van der Waals surface area contributed by atoms with Gasteiger partial charge in [-0.25, -0.2) is 18.3 Å². The van der Waals surface area contributed by atoms with Crippen LogP contribution >= 0.6 is 11.3 Å². The van der Waals surface area contributed by atoms with Gasteiger partial charge in [-0.15, -0.1) is 11.3 Å². The Morgan fingerprint density at radius 2 is 2.29 bits per heavy atom. The first-order valence-corrected chi connectivity index (χ1v) is 10.1. The second-order valence-electron chi connectivity index (χ2n) is 7.00. The van der Waals surface area contributed by atoms with E-state index in [2.05, 4.69) is 15.4 Å². The molecule has 1 aliphatic rings. The molecule has 9 heteroatoms. The Balaban J connectivity index is 1.65. The fraction of sp³-hybridized carbons (Fsp3) is 0.421. The second-order valence-corrected chi connectivity index (χ2v) is 8.08. The molecule has 6 nitrogen and oxygen atoms in total. The number of nitrogens with two attached hydrogens (primary N) is 1. The van der Waals surface area contributed by atoms with E-state index in [0.29, 0.717) is 25.0 Å². The van der Waals surface area contributed by atoms with Crippen molar-refractivity contribution in [2.75, 3.05) is 0 Å². The normalized spacial score (nSPS) is 21.7. The molecule has 148 valence electrons. The van der Waals surface area contributed by atoms with Crippen LogP contribution in [0.15, 0.2) is 30.6 Å². The number of thiazole rings is 1. The summed E-state index contributed by atoms with van der Waals surface area (Å²) in [5.41, 5.74) is 8.21. The van der Waals surface area contributed by atoms with E-state index in [1.165, 1.54) is 11.3 Å². The molecular formula is C19H21F2N5OS. The zero-order valence-corrected chi connectivity index (χ0v) is 16.2. The van der Waals surface area contributed by atoms with Gasteiger partial charge >= 0.3 is 0 Å². The van der Waals surface area contributed by atoms with Gasteiger partial charge < -0.3 is 11.1 Å². The Labute approximate surface area is 164 Å². The topological polar surface area (TPSA) is 85.3 Å². The van der Waals surface area contributed by atoms with Gasteiger partial charge in [-0.1, -0.05) is 13.0 Å². The van der Waals surface area contributed by atoms with Crippen LogP contribution in [0.5, 0.6) is 0 Å². The van der Waals surface area contributed by atoms with Crippen LogP contribution in [0.3, 0.4) is 0 Å². The summed E-state index contributed by atoms with van der Waals surface area (Å²) < 4.78 is 30.2. The highest BCUT2D eigenvalue weighted by Crippen LogP contribution is 2.34. The summed E-state index contributed by atoms with van der Waals surface area (Å²) in [5.74, 6) is -3.62. The number of amides is 1. The highest BCUT2D eigenvalue weighted by Gasteiger charge is 2.46. The molecule has 0 bridgehead atoms. The number of nitrogens with zero attached hydrogens (tertiary/aromatic N) is 3. The number of pyridine rings is 1. The molecule has 0 aromatic carbocycles. The maximum Gasteiger partial charge on any atom is 0.280 e. The highest BCUT2D eigenvalue weighted by atomic mass is 32.1. The zero-order valence-electron chi connectivity index (χ0n) is 15.4. The van der Waals surface area contributed by atoms with Gasteiger partial charge in [0, 0.05) is 29.1 Å². The average Bonchev–Trinajstić information content (AvgIpc) is 3.28. The third kappa shape index (κ3) is 3.29. The molecule has 0 saturated heterocycles. The number of carbonyl (C=O) groups is 1. The van der Waals surface area contributed by atoms with Gasteiger partial charge in [0.1, 0.15) is 6.04 Å². The van der Waals surface area contributed by atoms with E-state index in [9.17, 15) is 13.6 Å². The van der Waals surface area contributed by atoms with E-state index < -0.39 is 23.9 Å². The second kappa shape index (κ2) is 7.21. The highest BCUT2D eigenvalue weighted by molar-refractivity contribution is 7.14. The molecule has 0 spiro atoms. The number of hydrogen-bond donors (Lipinski definition) is 2. The maximum atomic E-state index is 14.2. The van der Waals surface area contributed by atoms with Gasteiger partial charge in [-0.2, -0.15) is 5.10 Å². The first-order valence-electron chi connectivity index (χ1n) is 9.27. The molecule has 3 N–H and O–H groups in total. The molecule has 3 aromatic heterocycles. The van der Waals surface area contributed by atoms with Crippen LogP contribution in [0.2, 0.25) is 0 Å². The number of nitrogens with one attached hydrogen (secondary N) is 1. The number of aryl methyl sites for hydroxylation is 1. The molecule has 1 saturated carbocycles. The monoisotopic (exact) mass is 405 g/mol. The van der Waals surface area contributed by atoms with Crippen LogP contribution in [0, 0.1) is 0 Å². The number of halogens is 2. The van der Waals surface area contributed by atoms with Gasteiger partial charge in [-0.3, -0.25) is 4.79 Å². The lowest BCUT2D eigenvalue weighted by atomic mass is 9.87. The average molecular weight is 405 g/mol. The van der Waals surface area contributed by atoms with Gasteiger partial charge in [0.05, 0.1) is 17.4 Å². The van der Waals surface area contributed by atoms with Crippen LogP contribution in [-0.4, -0.2) is 38.5 Å². The molecule has 0 unspecified atom stereocenters. The van der Waals surface area contributed by atoms with Crippen LogP contribution in [-0.2, 0) is 6.42 Å². The van der Waals surface area contributed by atoms with Crippen LogP contribution in [0.25, 0.3) is 16.8 Å². The van der Waals surface area contributed by atoms with Crippen LogP contribution < -0.4 is 11.1 Å². The number of alkyl halides is 2. The SMILES string of the molecule is CCc1sc(C(=O)N[C@@H]2[C@@H](N)CCCC2(F)F)nc1-c1cnn2ccccc12. The maximum absolute atomic E-state index is 14.2. The van der Waals surface area contributed by atoms with Crippen LogP contribution in [0.1, 0.15) is 40.9 Å². The lowest BCUT2D eigenvalue weighted by Crippen LogP contribution is -2.59. The fourth-order valence-electron chi connectivity index (χ4n) is 3.64. The fourth-order valence-corrected chi connectivity index (χ4v) is 4.56. The van der Waals surface area contributed by atoms with Crippen molar-refractivity contribution in [2.45, 2.75) is 50.6 Å². The summed E-state index contributed by atoms with van der Waals surface area (Å²) in [6.45, 7) is 1.97. The van der Waals surface area contributed by atoms with Crippen molar-refractivity contribution in [3.8, 4) is 11.3 Å². The Hall–Kier alpha value is -2.39. The summed E-state index contributed by atoms with van der Waals surface area (Å²) in [4.78, 5) is 18.1. The van der Waals surface area contributed by atoms with Crippen molar-refractivity contribution in [2.24, 2.45) is 5.73 Å².